The van der Waals surface area contributed by atoms with Crippen LogP contribution in [-0.2, 0) is 16.0 Å². The van der Waals surface area contributed by atoms with Crippen LogP contribution >= 0.6 is 0 Å². The molecule has 0 aromatic heterocycles. The van der Waals surface area contributed by atoms with Crippen LogP contribution in [0.15, 0.2) is 78.9 Å². The zero-order chi connectivity index (χ0) is 22.5. The molecule has 3 N–H and O–H groups in total. The predicted molar refractivity (Wildman–Crippen MR) is 120 cm³/mol. The van der Waals surface area contributed by atoms with Crippen molar-refractivity contribution in [3.05, 3.63) is 90.2 Å². The van der Waals surface area contributed by atoms with E-state index in [1.807, 2.05) is 30.3 Å². The Hall–Kier alpha value is -4.20. The molecule has 1 heterocycles. The molecule has 3 aromatic carbocycles. The molecule has 3 aromatic rings. The van der Waals surface area contributed by atoms with Gasteiger partial charge >= 0.3 is 6.03 Å². The average Bonchev–Trinajstić information content (AvgIpc) is 2.80. The number of para-hydroxylation sites is 3. The Kier molecular flexibility index (Phi) is 6.12. The van der Waals surface area contributed by atoms with Gasteiger partial charge in [-0.1, -0.05) is 54.6 Å². The maximum absolute atomic E-state index is 14.0. The fraction of sp³-hybridized carbons (Fsp3) is 0.125. The lowest BCUT2D eigenvalue weighted by atomic mass is 10.1. The van der Waals surface area contributed by atoms with E-state index in [9.17, 15) is 18.8 Å². The first-order valence-electron chi connectivity index (χ1n) is 10.1. The summed E-state index contributed by atoms with van der Waals surface area (Å²) in [5, 5.41) is 7.97. The van der Waals surface area contributed by atoms with Gasteiger partial charge in [0.2, 0.25) is 11.8 Å². The molecule has 0 saturated carbocycles. The second-order valence-corrected chi connectivity index (χ2v) is 7.31. The summed E-state index contributed by atoms with van der Waals surface area (Å²) in [6.45, 7) is -0.185. The summed E-state index contributed by atoms with van der Waals surface area (Å²) in [6.07, 6.45) is 0.189. The Morgan fingerprint density at radius 3 is 2.44 bits per heavy atom. The molecule has 4 rings (SSSR count). The molecule has 0 bridgehead atoms. The number of rotatable bonds is 5. The van der Waals surface area contributed by atoms with Crippen LogP contribution in [0.1, 0.15) is 5.56 Å². The first kappa shape index (κ1) is 21.0. The number of halogens is 1. The Morgan fingerprint density at radius 2 is 1.66 bits per heavy atom. The van der Waals surface area contributed by atoms with Gasteiger partial charge in [-0.3, -0.25) is 14.5 Å². The zero-order valence-corrected chi connectivity index (χ0v) is 17.0. The number of carbonyl (C=O) groups excluding carboxylic acids is 3. The van der Waals surface area contributed by atoms with Crippen molar-refractivity contribution in [2.75, 3.05) is 22.1 Å². The largest absolute Gasteiger partial charge is 0.326 e. The van der Waals surface area contributed by atoms with E-state index in [1.54, 1.807) is 30.3 Å². The lowest BCUT2D eigenvalue weighted by Crippen LogP contribution is -2.53. The Labute approximate surface area is 184 Å². The van der Waals surface area contributed by atoms with Gasteiger partial charge in [-0.25, -0.2) is 9.18 Å². The Bertz CT molecular complexity index is 1150. The SMILES string of the molecule is O=C1CN(C(=O)N[C@@H](Cc2ccccc2)C(=O)Nc2ccccc2F)c2ccccc2N1. The van der Waals surface area contributed by atoms with Crippen LogP contribution in [0.5, 0.6) is 0 Å². The van der Waals surface area contributed by atoms with Gasteiger partial charge in [-0.2, -0.15) is 0 Å². The normalized spacial score (nSPS) is 13.5. The molecule has 7 nitrogen and oxygen atoms in total. The molecule has 0 saturated heterocycles. The van der Waals surface area contributed by atoms with Crippen molar-refractivity contribution in [2.45, 2.75) is 12.5 Å². The van der Waals surface area contributed by atoms with E-state index in [4.69, 9.17) is 0 Å². The number of carbonyl (C=O) groups is 3. The second kappa shape index (κ2) is 9.30. The molecule has 0 fully saturated rings. The van der Waals surface area contributed by atoms with E-state index >= 15 is 0 Å². The number of anilines is 3. The van der Waals surface area contributed by atoms with Gasteiger partial charge < -0.3 is 16.0 Å². The summed E-state index contributed by atoms with van der Waals surface area (Å²) in [4.78, 5) is 39.5. The van der Waals surface area contributed by atoms with Gasteiger partial charge in [-0.15, -0.1) is 0 Å². The molecule has 1 aliphatic rings. The van der Waals surface area contributed by atoms with Crippen molar-refractivity contribution in [1.82, 2.24) is 5.32 Å². The van der Waals surface area contributed by atoms with Crippen LogP contribution in [0.4, 0.5) is 26.2 Å². The third-order valence-electron chi connectivity index (χ3n) is 5.04. The van der Waals surface area contributed by atoms with E-state index in [0.29, 0.717) is 11.4 Å². The van der Waals surface area contributed by atoms with Crippen LogP contribution in [0.3, 0.4) is 0 Å². The first-order valence-corrected chi connectivity index (χ1v) is 10.1. The fourth-order valence-electron chi connectivity index (χ4n) is 3.48. The summed E-state index contributed by atoms with van der Waals surface area (Å²) in [5.41, 5.74) is 1.87. The molecular formula is C24H21FN4O3. The third-order valence-corrected chi connectivity index (χ3v) is 5.04. The minimum atomic E-state index is -0.998. The lowest BCUT2D eigenvalue weighted by molar-refractivity contribution is -0.118. The van der Waals surface area contributed by atoms with Crippen molar-refractivity contribution < 1.29 is 18.8 Å². The van der Waals surface area contributed by atoms with E-state index in [1.165, 1.54) is 23.1 Å². The summed E-state index contributed by atoms with van der Waals surface area (Å²) in [6, 6.07) is 20.3. The van der Waals surface area contributed by atoms with Crippen LogP contribution in [0.25, 0.3) is 0 Å². The summed E-state index contributed by atoms with van der Waals surface area (Å²) in [7, 11) is 0. The van der Waals surface area contributed by atoms with E-state index in [2.05, 4.69) is 16.0 Å². The highest BCUT2D eigenvalue weighted by Crippen LogP contribution is 2.29. The van der Waals surface area contributed by atoms with Crippen molar-refractivity contribution in [3.8, 4) is 0 Å². The number of hydrogen-bond donors (Lipinski definition) is 3. The molecular weight excluding hydrogens is 411 g/mol. The van der Waals surface area contributed by atoms with Crippen LogP contribution in [0.2, 0.25) is 0 Å². The Balaban J connectivity index is 1.57. The van der Waals surface area contributed by atoms with Gasteiger partial charge in [0.25, 0.3) is 0 Å². The van der Waals surface area contributed by atoms with Gasteiger partial charge in [-0.05, 0) is 29.8 Å². The average molecular weight is 432 g/mol. The highest BCUT2D eigenvalue weighted by atomic mass is 19.1. The molecule has 0 unspecified atom stereocenters. The highest BCUT2D eigenvalue weighted by Gasteiger charge is 2.30. The molecule has 1 aliphatic heterocycles. The van der Waals surface area contributed by atoms with E-state index in [-0.39, 0.29) is 24.6 Å². The van der Waals surface area contributed by atoms with Crippen molar-refractivity contribution in [2.24, 2.45) is 0 Å². The zero-order valence-electron chi connectivity index (χ0n) is 17.0. The van der Waals surface area contributed by atoms with Gasteiger partial charge in [0.15, 0.2) is 0 Å². The number of hydrogen-bond acceptors (Lipinski definition) is 3. The minimum Gasteiger partial charge on any atom is -0.326 e. The van der Waals surface area contributed by atoms with Gasteiger partial charge in [0.05, 0.1) is 17.1 Å². The summed E-state index contributed by atoms with van der Waals surface area (Å²) < 4.78 is 14.0. The number of benzene rings is 3. The Morgan fingerprint density at radius 1 is 0.969 bits per heavy atom. The standard InChI is InChI=1S/C24H21FN4O3/c25-17-10-4-5-11-18(17)27-23(31)20(14-16-8-2-1-3-9-16)28-24(32)29-15-22(30)26-19-12-6-7-13-21(19)29/h1-13,20H,14-15H2,(H,26,30)(H,27,31)(H,28,32)/t20-/m0/s1. The van der Waals surface area contributed by atoms with Crippen molar-refractivity contribution in [3.63, 3.8) is 0 Å². The fourth-order valence-corrected chi connectivity index (χ4v) is 3.48. The molecule has 0 spiro atoms. The summed E-state index contributed by atoms with van der Waals surface area (Å²) >= 11 is 0. The lowest BCUT2D eigenvalue weighted by Gasteiger charge is -2.30. The van der Waals surface area contributed by atoms with Gasteiger partial charge in [0, 0.05) is 6.42 Å². The maximum atomic E-state index is 14.0. The topological polar surface area (TPSA) is 90.5 Å². The monoisotopic (exact) mass is 432 g/mol. The highest BCUT2D eigenvalue weighted by molar-refractivity contribution is 6.10. The molecule has 162 valence electrons. The van der Waals surface area contributed by atoms with Crippen LogP contribution < -0.4 is 20.9 Å². The molecule has 0 radical (unpaired) electrons. The summed E-state index contributed by atoms with van der Waals surface area (Å²) in [5.74, 6) is -1.48. The minimum absolute atomic E-state index is 0.0208. The molecule has 1 atom stereocenters. The van der Waals surface area contributed by atoms with E-state index < -0.39 is 23.8 Å². The number of nitrogens with zero attached hydrogens (tertiary/aromatic N) is 1. The smallest absolute Gasteiger partial charge is 0.323 e. The van der Waals surface area contributed by atoms with Crippen LogP contribution in [0, 0.1) is 5.82 Å². The third kappa shape index (κ3) is 4.75. The molecule has 32 heavy (non-hydrogen) atoms. The van der Waals surface area contributed by atoms with Crippen molar-refractivity contribution >= 4 is 34.9 Å². The number of fused-ring (bicyclic) bond motifs is 1. The number of urea groups is 1. The van der Waals surface area contributed by atoms with E-state index in [0.717, 1.165) is 5.56 Å². The van der Waals surface area contributed by atoms with Crippen molar-refractivity contribution in [1.29, 1.82) is 0 Å². The number of nitrogens with one attached hydrogen (secondary N) is 3. The first-order chi connectivity index (χ1) is 15.5. The molecule has 0 aliphatic carbocycles. The van der Waals surface area contributed by atoms with Gasteiger partial charge in [0.1, 0.15) is 18.4 Å². The van der Waals surface area contributed by atoms with Crippen LogP contribution in [-0.4, -0.2) is 30.4 Å². The quantitative estimate of drug-likeness (QED) is 0.576. The predicted octanol–water partition coefficient (Wildman–Crippen LogP) is 3.54. The molecule has 8 heteroatoms. The molecule has 4 amide bonds. The maximum Gasteiger partial charge on any atom is 0.323 e. The number of amides is 4. The second-order valence-electron chi connectivity index (χ2n) is 7.31.